The SMILES string of the molecule is CSCC[C@H](NC(=O)[C@H](CC(C)C)NC(=O)[C@H](Cc1cnc[nH]1)NC(=O)CNC(=O)[C@@H](NC(=O)[C@H](C)NC(=O)[C@H](Cc1c[nH]c2ccccc12)NC(=O)[C@H](CCC(N)=O)NC(=O)[C@H](CC(N)=O)NC(=O)CNC[C@H](CC(C)C)NC(=O)[C@H](CCCCN)NC(=O)[C@H](CCC(N)=O)NC(=O)C1CCC(=O)N1)C(C)C)C(N)=O. The van der Waals surface area contributed by atoms with Gasteiger partial charge in [0.05, 0.1) is 25.8 Å². The van der Waals surface area contributed by atoms with Crippen molar-refractivity contribution >= 4 is 123 Å². The van der Waals surface area contributed by atoms with Crippen LogP contribution >= 0.6 is 11.8 Å². The average molecular weight is 1580 g/mol. The Hall–Kier alpha value is -10.8. The number of aromatic nitrogens is 3. The van der Waals surface area contributed by atoms with Crippen molar-refractivity contribution in [3.63, 3.8) is 0 Å². The number of carbonyl (C=O) groups excluding carboxylic acids is 17. The lowest BCUT2D eigenvalue weighted by Crippen LogP contribution is -2.60. The van der Waals surface area contributed by atoms with E-state index in [2.05, 4.69) is 89.4 Å². The molecule has 0 spiro atoms. The van der Waals surface area contributed by atoms with Gasteiger partial charge in [-0.3, -0.25) is 81.5 Å². The second kappa shape index (κ2) is 47.3. The number of hydrogen-bond acceptors (Lipinski definition) is 21. The Morgan fingerprint density at radius 3 is 1.68 bits per heavy atom. The third-order valence-electron chi connectivity index (χ3n) is 17.7. The van der Waals surface area contributed by atoms with E-state index in [0.29, 0.717) is 47.2 Å². The molecule has 1 fully saturated rings. The van der Waals surface area contributed by atoms with E-state index in [1.807, 2.05) is 34.0 Å². The van der Waals surface area contributed by atoms with E-state index >= 15 is 0 Å². The summed E-state index contributed by atoms with van der Waals surface area (Å²) in [6, 6.07) is -8.48. The minimum Gasteiger partial charge on any atom is -0.370 e. The van der Waals surface area contributed by atoms with Crippen molar-refractivity contribution in [2.75, 3.05) is 38.2 Å². The monoisotopic (exact) mass is 1580 g/mol. The third-order valence-corrected chi connectivity index (χ3v) is 18.4. The fraction of sp³-hybridized carbons (Fsp3) is 0.606. The van der Waals surface area contributed by atoms with Crippen molar-refractivity contribution in [2.45, 2.75) is 217 Å². The van der Waals surface area contributed by atoms with E-state index in [-0.39, 0.29) is 88.6 Å². The van der Waals surface area contributed by atoms with Crippen LogP contribution in [0.15, 0.2) is 43.0 Å². The van der Waals surface area contributed by atoms with Crippen LogP contribution in [0.3, 0.4) is 0 Å². The Morgan fingerprint density at radius 1 is 0.550 bits per heavy atom. The highest BCUT2D eigenvalue weighted by atomic mass is 32.2. The summed E-state index contributed by atoms with van der Waals surface area (Å²) in [6.07, 6.45) is 5.39. The number of fused-ring (bicyclic) bond motifs is 1. The van der Waals surface area contributed by atoms with Gasteiger partial charge in [0.1, 0.15) is 66.5 Å². The van der Waals surface area contributed by atoms with E-state index in [0.717, 1.165) is 0 Å². The molecule has 1 saturated heterocycles. The molecule has 0 radical (unpaired) electrons. The molecule has 1 aliphatic rings. The zero-order chi connectivity index (χ0) is 82.6. The van der Waals surface area contributed by atoms with Gasteiger partial charge in [-0.2, -0.15) is 11.8 Å². The standard InChI is InChI=1S/C71H112N22O17S/c1-36(2)25-42(83-63(102)46(15-11-12-23-72)88-65(104)48(16-19-54(73)94)89-64(103)47-18-21-57(97)84-47)32-77-33-58(98)86-53(29-56(75)96)70(109)90-49(17-20-55(74)95)66(105)92-51(27-40-30-79-44-14-10-9-13-43(40)44)67(106)82-39(7)62(101)93-60(38(5)6)71(110)80-34-59(99)85-52(28-41-31-78-35-81-41)69(108)91-50(26-37(3)4)68(107)87-45(61(76)100)22-24-111-8/h9-10,13-14,30-31,35-39,42,45-53,60,77,79H,11-12,15-29,32-34,72H2,1-8H3,(H2,73,94)(H2,74,95)(H2,75,96)(H2,76,100)(H,78,81)(H,80,110)(H,82,106)(H,83,102)(H,84,97)(H,85,99)(H,86,98)(H,87,107)(H,88,104)(H,89,103)(H,90,109)(H,91,108)(H,92,105)(H,93,101)/t39-,42-,45-,46-,47?,48-,49-,50-,51-,52-,53-,60-/m0/s1. The zero-order valence-electron chi connectivity index (χ0n) is 64.0. The second-order valence-electron chi connectivity index (χ2n) is 28.5. The van der Waals surface area contributed by atoms with Gasteiger partial charge in [0.25, 0.3) is 0 Å². The van der Waals surface area contributed by atoms with Gasteiger partial charge in [0, 0.05) is 73.7 Å². The molecule has 1 aliphatic heterocycles. The predicted molar refractivity (Wildman–Crippen MR) is 408 cm³/mol. The van der Waals surface area contributed by atoms with Crippen LogP contribution in [0, 0.1) is 17.8 Å². The van der Waals surface area contributed by atoms with Crippen LogP contribution in [0.4, 0.5) is 0 Å². The van der Waals surface area contributed by atoms with Crippen molar-refractivity contribution in [3.05, 3.63) is 54.2 Å². The van der Waals surface area contributed by atoms with Crippen molar-refractivity contribution in [1.29, 1.82) is 0 Å². The lowest BCUT2D eigenvalue weighted by atomic mass is 10.0. The van der Waals surface area contributed by atoms with Crippen LogP contribution in [0.1, 0.15) is 143 Å². The minimum atomic E-state index is -1.75. The van der Waals surface area contributed by atoms with Gasteiger partial charge in [-0.15, -0.1) is 0 Å². The molecule has 2 aromatic heterocycles. The van der Waals surface area contributed by atoms with Gasteiger partial charge in [-0.05, 0) is 113 Å². The lowest BCUT2D eigenvalue weighted by Gasteiger charge is -2.27. The molecule has 40 heteroatoms. The fourth-order valence-electron chi connectivity index (χ4n) is 11.9. The van der Waals surface area contributed by atoms with E-state index in [9.17, 15) is 81.5 Å². The van der Waals surface area contributed by atoms with Crippen LogP contribution in [-0.4, -0.2) is 226 Å². The quantitative estimate of drug-likeness (QED) is 0.0235. The summed E-state index contributed by atoms with van der Waals surface area (Å²) in [6.45, 7) is 10.8. The molecular weight excluding hydrogens is 1460 g/mol. The molecule has 1 aromatic carbocycles. The number of para-hydroxylation sites is 1. The maximum Gasteiger partial charge on any atom is 0.243 e. The van der Waals surface area contributed by atoms with Crippen LogP contribution in [0.5, 0.6) is 0 Å². The number of primary amides is 4. The van der Waals surface area contributed by atoms with Crippen molar-refractivity contribution in [1.82, 2.24) is 89.4 Å². The highest BCUT2D eigenvalue weighted by Crippen LogP contribution is 2.21. The molecule has 3 heterocycles. The Kier molecular flexibility index (Phi) is 39.5. The molecule has 614 valence electrons. The second-order valence-corrected chi connectivity index (χ2v) is 29.5. The van der Waals surface area contributed by atoms with E-state index in [1.165, 1.54) is 31.2 Å². The first kappa shape index (κ1) is 92.6. The first-order valence-corrected chi connectivity index (χ1v) is 38.3. The molecule has 12 atom stereocenters. The number of thioether (sulfide) groups is 1. The predicted octanol–water partition coefficient (Wildman–Crippen LogP) is -5.46. The van der Waals surface area contributed by atoms with Crippen LogP contribution in [0.25, 0.3) is 10.9 Å². The summed E-state index contributed by atoms with van der Waals surface area (Å²) in [4.78, 5) is 238. The number of nitrogens with one attached hydrogen (secondary N) is 16. The Balaban J connectivity index is 1.48. The largest absolute Gasteiger partial charge is 0.370 e. The van der Waals surface area contributed by atoms with Gasteiger partial charge >= 0.3 is 0 Å². The van der Waals surface area contributed by atoms with Gasteiger partial charge in [-0.1, -0.05) is 59.7 Å². The number of H-pyrrole nitrogens is 2. The molecule has 0 aliphatic carbocycles. The topological polar surface area (TPSA) is 633 Å². The maximum atomic E-state index is 14.6. The number of nitrogens with zero attached hydrogens (tertiary/aromatic N) is 1. The molecular formula is C71H112N22O17S. The molecule has 0 bridgehead atoms. The number of amides is 17. The number of rotatable bonds is 52. The normalized spacial score (nSPS) is 15.6. The highest BCUT2D eigenvalue weighted by Gasteiger charge is 2.37. The van der Waals surface area contributed by atoms with E-state index < -0.39 is 205 Å². The summed E-state index contributed by atoms with van der Waals surface area (Å²) >= 11 is 1.44. The van der Waals surface area contributed by atoms with E-state index in [1.54, 1.807) is 44.3 Å². The Labute approximate surface area is 647 Å². The van der Waals surface area contributed by atoms with Crippen LogP contribution < -0.4 is 103 Å². The number of nitrogens with two attached hydrogens (primary N) is 5. The molecule has 17 amide bonds. The molecule has 26 N–H and O–H groups in total. The van der Waals surface area contributed by atoms with Gasteiger partial charge in [0.2, 0.25) is 100 Å². The first-order chi connectivity index (χ1) is 52.5. The molecule has 4 rings (SSSR count). The molecule has 0 saturated carbocycles. The summed E-state index contributed by atoms with van der Waals surface area (Å²) < 4.78 is 0. The smallest absolute Gasteiger partial charge is 0.243 e. The minimum absolute atomic E-state index is 0.0481. The fourth-order valence-corrected chi connectivity index (χ4v) is 12.4. The number of benzene rings is 1. The third kappa shape index (κ3) is 33.5. The molecule has 1 unspecified atom stereocenters. The van der Waals surface area contributed by atoms with Crippen LogP contribution in [-0.2, 0) is 94.3 Å². The zero-order valence-corrected chi connectivity index (χ0v) is 64.8. The molecule has 111 heavy (non-hydrogen) atoms. The number of unbranched alkanes of at least 4 members (excludes halogenated alkanes) is 1. The molecule has 39 nitrogen and oxygen atoms in total. The number of carbonyl (C=O) groups is 17. The number of imidazole rings is 1. The lowest BCUT2D eigenvalue weighted by molar-refractivity contribution is -0.136. The summed E-state index contributed by atoms with van der Waals surface area (Å²) in [5, 5.41) is 37.1. The van der Waals surface area contributed by atoms with Crippen LogP contribution in [0.2, 0.25) is 0 Å². The maximum absolute atomic E-state index is 14.6. The van der Waals surface area contributed by atoms with E-state index in [4.69, 9.17) is 28.7 Å². The van der Waals surface area contributed by atoms with Gasteiger partial charge < -0.3 is 113 Å². The summed E-state index contributed by atoms with van der Waals surface area (Å²) in [7, 11) is 0. The summed E-state index contributed by atoms with van der Waals surface area (Å²) in [5.41, 5.74) is 29.3. The number of hydrogen-bond donors (Lipinski definition) is 21. The average Bonchev–Trinajstić information content (AvgIpc) is 1.73. The van der Waals surface area contributed by atoms with Crippen molar-refractivity contribution in [2.24, 2.45) is 46.4 Å². The molecule has 3 aromatic rings. The Bertz CT molecular complexity index is 3710. The van der Waals surface area contributed by atoms with Gasteiger partial charge in [0.15, 0.2) is 0 Å². The Morgan fingerprint density at radius 2 is 1.10 bits per heavy atom. The summed E-state index contributed by atoms with van der Waals surface area (Å²) in [5.74, 6) is -14.4. The number of aromatic amines is 2. The highest BCUT2D eigenvalue weighted by molar-refractivity contribution is 7.98. The van der Waals surface area contributed by atoms with Gasteiger partial charge in [-0.25, -0.2) is 4.98 Å². The van der Waals surface area contributed by atoms with Crippen molar-refractivity contribution < 1.29 is 81.5 Å². The first-order valence-electron chi connectivity index (χ1n) is 36.9. The van der Waals surface area contributed by atoms with Crippen molar-refractivity contribution in [3.8, 4) is 0 Å².